The van der Waals surface area contributed by atoms with Gasteiger partial charge in [-0.15, -0.1) is 0 Å². The first kappa shape index (κ1) is 10.7. The van der Waals surface area contributed by atoms with Crippen molar-refractivity contribution in [2.45, 2.75) is 12.0 Å². The van der Waals surface area contributed by atoms with E-state index < -0.39 is 17.3 Å². The fourth-order valence-corrected chi connectivity index (χ4v) is 1.65. The van der Waals surface area contributed by atoms with E-state index in [0.29, 0.717) is 18.9 Å². The lowest BCUT2D eigenvalue weighted by atomic mass is 10.0. The summed E-state index contributed by atoms with van der Waals surface area (Å²) in [5, 5.41) is 8.93. The molecule has 1 atom stereocenters. The van der Waals surface area contributed by atoms with Crippen molar-refractivity contribution in [1.82, 2.24) is 9.97 Å². The van der Waals surface area contributed by atoms with Gasteiger partial charge in [0.2, 0.25) is 5.95 Å². The molecule has 86 valence electrons. The Balaban J connectivity index is 2.15. The third kappa shape index (κ3) is 1.81. The molecule has 1 aliphatic rings. The maximum atomic E-state index is 12.6. The summed E-state index contributed by atoms with van der Waals surface area (Å²) in [5.41, 5.74) is 4.42. The van der Waals surface area contributed by atoms with Crippen molar-refractivity contribution < 1.29 is 14.3 Å². The first-order valence-electron chi connectivity index (χ1n) is 4.76. The molecule has 1 aromatic rings. The van der Waals surface area contributed by atoms with Crippen LogP contribution in [0.3, 0.4) is 0 Å². The second-order valence-electron chi connectivity index (χ2n) is 3.83. The van der Waals surface area contributed by atoms with E-state index >= 15 is 0 Å². The zero-order chi connectivity index (χ0) is 11.8. The van der Waals surface area contributed by atoms with Crippen LogP contribution < -0.4 is 10.6 Å². The molecule has 0 saturated carbocycles. The molecule has 0 aromatic carbocycles. The molecule has 1 saturated heterocycles. The molecule has 16 heavy (non-hydrogen) atoms. The van der Waals surface area contributed by atoms with E-state index in [-0.39, 0.29) is 6.54 Å². The Morgan fingerprint density at radius 3 is 2.69 bits per heavy atom. The minimum Gasteiger partial charge on any atom is -0.480 e. The molecule has 3 N–H and O–H groups in total. The molecule has 0 amide bonds. The lowest BCUT2D eigenvalue weighted by Gasteiger charge is -2.19. The summed E-state index contributed by atoms with van der Waals surface area (Å²) in [7, 11) is 0. The fraction of sp³-hybridized carbons (Fsp3) is 0.444. The van der Waals surface area contributed by atoms with Crippen LogP contribution in [0.1, 0.15) is 6.42 Å². The van der Waals surface area contributed by atoms with Crippen LogP contribution in [0.25, 0.3) is 0 Å². The maximum absolute atomic E-state index is 12.6. The fourth-order valence-electron chi connectivity index (χ4n) is 1.65. The summed E-state index contributed by atoms with van der Waals surface area (Å²) in [6, 6.07) is 0. The number of nitrogens with zero attached hydrogens (tertiary/aromatic N) is 3. The van der Waals surface area contributed by atoms with Gasteiger partial charge in [-0.3, -0.25) is 4.79 Å². The average Bonchev–Trinajstić information content (AvgIpc) is 2.63. The zero-order valence-electron chi connectivity index (χ0n) is 8.43. The Morgan fingerprint density at radius 2 is 2.19 bits per heavy atom. The number of rotatable bonds is 2. The summed E-state index contributed by atoms with van der Waals surface area (Å²) in [6.45, 7) is 0.586. The first-order chi connectivity index (χ1) is 7.51. The number of carboxylic acid groups (broad SMARTS) is 1. The second-order valence-corrected chi connectivity index (χ2v) is 3.83. The van der Waals surface area contributed by atoms with Gasteiger partial charge in [-0.1, -0.05) is 0 Å². The lowest BCUT2D eigenvalue weighted by Crippen LogP contribution is -2.50. The van der Waals surface area contributed by atoms with Gasteiger partial charge in [-0.2, -0.15) is 0 Å². The number of aromatic nitrogens is 2. The van der Waals surface area contributed by atoms with Crippen LogP contribution in [0.15, 0.2) is 12.4 Å². The molecule has 1 unspecified atom stereocenters. The van der Waals surface area contributed by atoms with Gasteiger partial charge in [-0.05, 0) is 6.42 Å². The molecular weight excluding hydrogens is 215 g/mol. The SMILES string of the molecule is NC1(C(=O)O)CCN(c2ncc(F)cn2)C1. The quantitative estimate of drug-likeness (QED) is 0.713. The normalized spacial score (nSPS) is 24.8. The number of aliphatic carboxylic acids is 1. The topological polar surface area (TPSA) is 92.3 Å². The smallest absolute Gasteiger partial charge is 0.325 e. The van der Waals surface area contributed by atoms with Crippen LogP contribution in [0.4, 0.5) is 10.3 Å². The van der Waals surface area contributed by atoms with Gasteiger partial charge >= 0.3 is 5.97 Å². The summed E-state index contributed by atoms with van der Waals surface area (Å²) in [6.07, 6.45) is 2.41. The second kappa shape index (κ2) is 3.67. The third-order valence-electron chi connectivity index (χ3n) is 2.62. The van der Waals surface area contributed by atoms with Crippen LogP contribution in [-0.2, 0) is 4.79 Å². The van der Waals surface area contributed by atoms with Crippen LogP contribution in [0, 0.1) is 5.82 Å². The molecule has 1 fully saturated rings. The Bertz CT molecular complexity index is 410. The van der Waals surface area contributed by atoms with Crippen LogP contribution in [0.2, 0.25) is 0 Å². The molecule has 2 heterocycles. The number of hydrogen-bond acceptors (Lipinski definition) is 5. The van der Waals surface area contributed by atoms with E-state index in [0.717, 1.165) is 12.4 Å². The van der Waals surface area contributed by atoms with Crippen LogP contribution in [0.5, 0.6) is 0 Å². The average molecular weight is 226 g/mol. The first-order valence-corrected chi connectivity index (χ1v) is 4.76. The predicted octanol–water partition coefficient (Wildman–Crippen LogP) is -0.392. The highest BCUT2D eigenvalue weighted by atomic mass is 19.1. The van der Waals surface area contributed by atoms with Gasteiger partial charge in [-0.25, -0.2) is 14.4 Å². The molecule has 1 aromatic heterocycles. The highest BCUT2D eigenvalue weighted by molar-refractivity contribution is 5.80. The molecule has 6 nitrogen and oxygen atoms in total. The number of anilines is 1. The standard InChI is InChI=1S/C9H11FN4O2/c10-6-3-12-8(13-4-6)14-2-1-9(11,5-14)7(15)16/h3-4H,1-2,5,11H2,(H,15,16). The molecular formula is C9H11FN4O2. The monoisotopic (exact) mass is 226 g/mol. The minimum absolute atomic E-state index is 0.133. The van der Waals surface area contributed by atoms with Gasteiger partial charge in [0.15, 0.2) is 5.82 Å². The van der Waals surface area contributed by atoms with Crippen molar-refractivity contribution in [3.05, 3.63) is 18.2 Å². The van der Waals surface area contributed by atoms with Gasteiger partial charge in [0.25, 0.3) is 0 Å². The van der Waals surface area contributed by atoms with Crippen molar-refractivity contribution in [3.8, 4) is 0 Å². The van der Waals surface area contributed by atoms with Crippen molar-refractivity contribution in [2.24, 2.45) is 5.73 Å². The lowest BCUT2D eigenvalue weighted by molar-refractivity contribution is -0.142. The summed E-state index contributed by atoms with van der Waals surface area (Å²) in [4.78, 5) is 20.1. The maximum Gasteiger partial charge on any atom is 0.325 e. The predicted molar refractivity (Wildman–Crippen MR) is 53.4 cm³/mol. The molecule has 0 aliphatic carbocycles. The highest BCUT2D eigenvalue weighted by Gasteiger charge is 2.42. The van der Waals surface area contributed by atoms with Gasteiger partial charge in [0.1, 0.15) is 5.54 Å². The molecule has 0 radical (unpaired) electrons. The summed E-state index contributed by atoms with van der Waals surface area (Å²) in [5.74, 6) is -1.27. The summed E-state index contributed by atoms with van der Waals surface area (Å²) < 4.78 is 12.6. The summed E-state index contributed by atoms with van der Waals surface area (Å²) >= 11 is 0. The number of carbonyl (C=O) groups is 1. The van der Waals surface area contributed by atoms with Crippen molar-refractivity contribution in [3.63, 3.8) is 0 Å². The van der Waals surface area contributed by atoms with Crippen molar-refractivity contribution >= 4 is 11.9 Å². The number of hydrogen-bond donors (Lipinski definition) is 2. The molecule has 1 aliphatic heterocycles. The van der Waals surface area contributed by atoms with Gasteiger partial charge in [0.05, 0.1) is 12.4 Å². The van der Waals surface area contributed by atoms with E-state index in [1.165, 1.54) is 0 Å². The van der Waals surface area contributed by atoms with Gasteiger partial charge in [0, 0.05) is 13.1 Å². The molecule has 7 heteroatoms. The number of halogens is 1. The molecule has 0 bridgehead atoms. The minimum atomic E-state index is -1.27. The van der Waals surface area contributed by atoms with E-state index in [4.69, 9.17) is 10.8 Å². The highest BCUT2D eigenvalue weighted by Crippen LogP contribution is 2.22. The Hall–Kier alpha value is -1.76. The number of carboxylic acids is 1. The third-order valence-corrected chi connectivity index (χ3v) is 2.62. The number of nitrogens with two attached hydrogens (primary N) is 1. The Morgan fingerprint density at radius 1 is 1.56 bits per heavy atom. The van der Waals surface area contributed by atoms with Crippen LogP contribution in [-0.4, -0.2) is 39.7 Å². The van der Waals surface area contributed by atoms with Crippen molar-refractivity contribution in [1.29, 1.82) is 0 Å². The van der Waals surface area contributed by atoms with Gasteiger partial charge < -0.3 is 15.7 Å². The van der Waals surface area contributed by atoms with E-state index in [2.05, 4.69) is 9.97 Å². The van der Waals surface area contributed by atoms with E-state index in [9.17, 15) is 9.18 Å². The Labute approximate surface area is 90.9 Å². The largest absolute Gasteiger partial charge is 0.480 e. The molecule has 2 rings (SSSR count). The van der Waals surface area contributed by atoms with Crippen LogP contribution >= 0.6 is 0 Å². The zero-order valence-corrected chi connectivity index (χ0v) is 8.43. The van der Waals surface area contributed by atoms with E-state index in [1.807, 2.05) is 0 Å². The Kier molecular flexibility index (Phi) is 2.47. The van der Waals surface area contributed by atoms with E-state index in [1.54, 1.807) is 4.90 Å². The van der Waals surface area contributed by atoms with Crippen molar-refractivity contribution in [2.75, 3.05) is 18.0 Å². The molecule has 0 spiro atoms.